The van der Waals surface area contributed by atoms with Crippen LogP contribution in [0.5, 0.6) is 5.75 Å². The Hall–Kier alpha value is -3.58. The molecule has 0 saturated carbocycles. The third kappa shape index (κ3) is 5.41. The molecule has 35 heavy (non-hydrogen) atoms. The Morgan fingerprint density at radius 3 is 2.37 bits per heavy atom. The summed E-state index contributed by atoms with van der Waals surface area (Å²) in [4.78, 5) is 12.1. The molecular formula is C28H30N2O4S. The molecule has 0 aliphatic heterocycles. The number of rotatable bonds is 9. The number of amides is 1. The van der Waals surface area contributed by atoms with Crippen LogP contribution in [0.4, 0.5) is 0 Å². The third-order valence-corrected chi connectivity index (χ3v) is 7.73. The molecule has 4 aromatic rings. The summed E-state index contributed by atoms with van der Waals surface area (Å²) in [5.41, 5.74) is 10.0. The predicted octanol–water partition coefficient (Wildman–Crippen LogP) is 4.96. The van der Waals surface area contributed by atoms with Crippen LogP contribution in [0.25, 0.3) is 10.9 Å². The van der Waals surface area contributed by atoms with Gasteiger partial charge in [0.15, 0.2) is 9.84 Å². The Bertz CT molecular complexity index is 1470. The maximum Gasteiger partial charge on any atom is 0.248 e. The van der Waals surface area contributed by atoms with Crippen molar-refractivity contribution < 1.29 is 17.9 Å². The largest absolute Gasteiger partial charge is 0.491 e. The van der Waals surface area contributed by atoms with Crippen LogP contribution in [-0.2, 0) is 22.8 Å². The molecule has 0 unspecified atom stereocenters. The van der Waals surface area contributed by atoms with Gasteiger partial charge in [-0.2, -0.15) is 0 Å². The molecule has 0 radical (unpaired) electrons. The number of carbonyl (C=O) groups excluding carboxylic acids is 1. The number of ether oxygens (including phenoxy) is 1. The summed E-state index contributed by atoms with van der Waals surface area (Å²) in [6.45, 7) is 6.23. The molecule has 1 aromatic heterocycles. The van der Waals surface area contributed by atoms with Crippen LogP contribution in [0.15, 0.2) is 77.7 Å². The Balaban J connectivity index is 1.77. The smallest absolute Gasteiger partial charge is 0.248 e. The monoisotopic (exact) mass is 490 g/mol. The topological polar surface area (TPSA) is 91.4 Å². The molecule has 6 nitrogen and oxygen atoms in total. The van der Waals surface area contributed by atoms with E-state index >= 15 is 0 Å². The molecule has 4 rings (SSSR count). The first-order valence-corrected chi connectivity index (χ1v) is 13.3. The number of aromatic nitrogens is 1. The minimum Gasteiger partial charge on any atom is -0.491 e. The Labute approximate surface area is 206 Å². The molecule has 0 fully saturated rings. The Morgan fingerprint density at radius 1 is 1.00 bits per heavy atom. The lowest BCUT2D eigenvalue weighted by Crippen LogP contribution is -2.11. The number of hydrogen-bond donors (Lipinski definition) is 1. The van der Waals surface area contributed by atoms with E-state index < -0.39 is 15.7 Å². The van der Waals surface area contributed by atoms with E-state index in [1.54, 1.807) is 25.1 Å². The van der Waals surface area contributed by atoms with E-state index in [0.717, 1.165) is 33.5 Å². The maximum atomic E-state index is 12.2. The molecule has 1 heterocycles. The van der Waals surface area contributed by atoms with Gasteiger partial charge in [-0.05, 0) is 61.9 Å². The molecule has 0 spiro atoms. The zero-order valence-electron chi connectivity index (χ0n) is 20.2. The fourth-order valence-corrected chi connectivity index (χ4v) is 5.06. The van der Waals surface area contributed by atoms with Crippen LogP contribution in [0.3, 0.4) is 0 Å². The van der Waals surface area contributed by atoms with Crippen LogP contribution in [0, 0.1) is 0 Å². The van der Waals surface area contributed by atoms with Crippen molar-refractivity contribution in [2.24, 2.45) is 5.73 Å². The van der Waals surface area contributed by atoms with Crippen molar-refractivity contribution in [2.75, 3.05) is 5.75 Å². The van der Waals surface area contributed by atoms with E-state index in [9.17, 15) is 13.2 Å². The number of nitrogens with zero attached hydrogens (tertiary/aromatic N) is 1. The summed E-state index contributed by atoms with van der Waals surface area (Å²) in [7, 11) is -3.25. The molecule has 182 valence electrons. The van der Waals surface area contributed by atoms with Crippen molar-refractivity contribution in [2.45, 2.75) is 44.7 Å². The lowest BCUT2D eigenvalue weighted by atomic mass is 10.1. The minimum atomic E-state index is -3.25. The van der Waals surface area contributed by atoms with Crippen molar-refractivity contribution in [3.05, 3.63) is 95.2 Å². The van der Waals surface area contributed by atoms with Gasteiger partial charge in [0.25, 0.3) is 0 Å². The van der Waals surface area contributed by atoms with Gasteiger partial charge in [-0.3, -0.25) is 4.79 Å². The Morgan fingerprint density at radius 2 is 1.71 bits per heavy atom. The van der Waals surface area contributed by atoms with Crippen LogP contribution in [0.2, 0.25) is 0 Å². The van der Waals surface area contributed by atoms with Gasteiger partial charge in [0.1, 0.15) is 5.75 Å². The van der Waals surface area contributed by atoms with Crippen molar-refractivity contribution in [1.82, 2.24) is 4.57 Å². The molecule has 0 saturated heterocycles. The van der Waals surface area contributed by atoms with Gasteiger partial charge >= 0.3 is 0 Å². The number of sulfone groups is 1. The first kappa shape index (κ1) is 24.5. The highest BCUT2D eigenvalue weighted by Gasteiger charge is 2.16. The van der Waals surface area contributed by atoms with Gasteiger partial charge in [0.05, 0.1) is 23.3 Å². The molecule has 0 aliphatic rings. The zero-order valence-corrected chi connectivity index (χ0v) is 21.0. The summed E-state index contributed by atoms with van der Waals surface area (Å²) >= 11 is 0. The molecule has 0 aliphatic carbocycles. The van der Waals surface area contributed by atoms with E-state index in [4.69, 9.17) is 10.5 Å². The molecule has 1 amide bonds. The van der Waals surface area contributed by atoms with Gasteiger partial charge in [-0.1, -0.05) is 37.3 Å². The van der Waals surface area contributed by atoms with E-state index in [1.165, 1.54) is 0 Å². The van der Waals surface area contributed by atoms with Crippen molar-refractivity contribution in [3.8, 4) is 5.75 Å². The van der Waals surface area contributed by atoms with Crippen LogP contribution < -0.4 is 10.5 Å². The highest BCUT2D eigenvalue weighted by molar-refractivity contribution is 7.91. The van der Waals surface area contributed by atoms with Gasteiger partial charge in [-0.15, -0.1) is 0 Å². The quantitative estimate of drug-likeness (QED) is 0.359. The van der Waals surface area contributed by atoms with E-state index in [-0.39, 0.29) is 11.9 Å². The van der Waals surface area contributed by atoms with Gasteiger partial charge in [0, 0.05) is 34.1 Å². The second-order valence-corrected chi connectivity index (χ2v) is 11.1. The molecule has 7 heteroatoms. The summed E-state index contributed by atoms with van der Waals surface area (Å²) in [6, 6.07) is 22.5. The number of hydrogen-bond acceptors (Lipinski definition) is 4. The number of carbonyl (C=O) groups is 1. The first-order chi connectivity index (χ1) is 16.7. The normalized spacial score (nSPS) is 11.8. The van der Waals surface area contributed by atoms with Crippen molar-refractivity contribution in [1.29, 1.82) is 0 Å². The summed E-state index contributed by atoms with van der Waals surface area (Å²) in [5.74, 6) is 0.434. The van der Waals surface area contributed by atoms with Crippen LogP contribution >= 0.6 is 0 Å². The van der Waals surface area contributed by atoms with E-state index in [0.29, 0.717) is 23.4 Å². The molecule has 2 N–H and O–H groups in total. The molecule has 0 atom stereocenters. The number of nitrogens with two attached hydrogens (primary N) is 1. The van der Waals surface area contributed by atoms with Crippen molar-refractivity contribution >= 4 is 26.6 Å². The fraction of sp³-hybridized carbons (Fsp3) is 0.250. The minimum absolute atomic E-state index is 0.0491. The lowest BCUT2D eigenvalue weighted by Gasteiger charge is -2.17. The predicted molar refractivity (Wildman–Crippen MR) is 139 cm³/mol. The average Bonchev–Trinajstić information content (AvgIpc) is 3.16. The van der Waals surface area contributed by atoms with Crippen LogP contribution in [0.1, 0.15) is 48.0 Å². The maximum absolute atomic E-state index is 12.2. The SMILES string of the molecule is CCS(=O)(=O)c1ccc(Cc2cc3cc(C(N)=O)ccc3n2Cc2ccccc2OC(C)C)cc1. The average molecular weight is 491 g/mol. The standard InChI is InChI=1S/C28H30N2O4S/c1-4-35(32,33)25-12-9-20(10-13-25)15-24-17-23-16-21(28(29)31)11-14-26(23)30(24)18-22-7-5-6-8-27(22)34-19(2)3/h5-14,16-17,19H,4,15,18H2,1-3H3,(H2,29,31). The van der Waals surface area contributed by atoms with Gasteiger partial charge < -0.3 is 15.0 Å². The zero-order chi connectivity index (χ0) is 25.2. The number of primary amides is 1. The number of para-hydroxylation sites is 1. The summed E-state index contributed by atoms with van der Waals surface area (Å²) in [6.07, 6.45) is 0.647. The molecule has 3 aromatic carbocycles. The second kappa shape index (κ2) is 9.96. The first-order valence-electron chi connectivity index (χ1n) is 11.7. The van der Waals surface area contributed by atoms with E-state index in [1.807, 2.05) is 56.3 Å². The van der Waals surface area contributed by atoms with E-state index in [2.05, 4.69) is 16.7 Å². The molecule has 0 bridgehead atoms. The fourth-order valence-electron chi connectivity index (χ4n) is 4.18. The lowest BCUT2D eigenvalue weighted by molar-refractivity contribution is 0.100. The molecular weight excluding hydrogens is 460 g/mol. The van der Waals surface area contributed by atoms with Crippen molar-refractivity contribution in [3.63, 3.8) is 0 Å². The van der Waals surface area contributed by atoms with Gasteiger partial charge in [0.2, 0.25) is 5.91 Å². The Kier molecular flexibility index (Phi) is 6.98. The van der Waals surface area contributed by atoms with Gasteiger partial charge in [-0.25, -0.2) is 8.42 Å². The summed E-state index contributed by atoms with van der Waals surface area (Å²) < 4.78 is 32.6. The van der Waals surface area contributed by atoms with Crippen LogP contribution in [-0.4, -0.2) is 30.7 Å². The number of fused-ring (bicyclic) bond motifs is 1. The highest BCUT2D eigenvalue weighted by atomic mass is 32.2. The highest BCUT2D eigenvalue weighted by Crippen LogP contribution is 2.28. The number of benzene rings is 3. The third-order valence-electron chi connectivity index (χ3n) is 5.98. The second-order valence-electron chi connectivity index (χ2n) is 8.86. The summed E-state index contributed by atoms with van der Waals surface area (Å²) in [5, 5.41) is 0.920.